The van der Waals surface area contributed by atoms with Crippen molar-refractivity contribution in [2.24, 2.45) is 11.1 Å². The van der Waals surface area contributed by atoms with E-state index < -0.39 is 17.6 Å². The van der Waals surface area contributed by atoms with Gasteiger partial charge in [0, 0.05) is 12.0 Å². The van der Waals surface area contributed by atoms with Gasteiger partial charge in [-0.3, -0.25) is 0 Å². The van der Waals surface area contributed by atoms with Crippen molar-refractivity contribution in [3.05, 3.63) is 35.1 Å². The first-order valence-corrected chi connectivity index (χ1v) is 5.28. The van der Waals surface area contributed by atoms with Crippen molar-refractivity contribution in [1.29, 1.82) is 0 Å². The highest BCUT2D eigenvalue weighted by molar-refractivity contribution is 5.38. The van der Waals surface area contributed by atoms with E-state index in [2.05, 4.69) is 0 Å². The van der Waals surface area contributed by atoms with Gasteiger partial charge in [0.1, 0.15) is 5.82 Å². The second kappa shape index (κ2) is 3.45. The fourth-order valence-electron chi connectivity index (χ4n) is 2.28. The zero-order chi connectivity index (χ0) is 13.0. The van der Waals surface area contributed by atoms with E-state index in [1.165, 1.54) is 12.1 Å². The Morgan fingerprint density at radius 1 is 1.24 bits per heavy atom. The largest absolute Gasteiger partial charge is 0.419 e. The first kappa shape index (κ1) is 12.4. The Bertz CT molecular complexity index is 450. The molecule has 1 aromatic carbocycles. The number of alkyl halides is 3. The fraction of sp³-hybridized carbons (Fsp3) is 0.500. The zero-order valence-corrected chi connectivity index (χ0v) is 9.48. The SMILES string of the molecule is CC1(C)[C@@H](N)[C@@H]1c1cccc(C(F)(F)F)c1F. The summed E-state index contributed by atoms with van der Waals surface area (Å²) in [5.74, 6) is -1.53. The quantitative estimate of drug-likeness (QED) is 0.757. The van der Waals surface area contributed by atoms with Crippen molar-refractivity contribution in [3.63, 3.8) is 0 Å². The number of rotatable bonds is 1. The maximum atomic E-state index is 13.8. The predicted octanol–water partition coefficient (Wildman–Crippen LogP) is 3.30. The molecule has 0 bridgehead atoms. The topological polar surface area (TPSA) is 26.0 Å². The third kappa shape index (κ3) is 1.82. The van der Waals surface area contributed by atoms with Crippen LogP contribution in [0.2, 0.25) is 0 Å². The fourth-order valence-corrected chi connectivity index (χ4v) is 2.28. The molecule has 0 aliphatic heterocycles. The minimum Gasteiger partial charge on any atom is -0.327 e. The van der Waals surface area contributed by atoms with Gasteiger partial charge in [-0.15, -0.1) is 0 Å². The van der Waals surface area contributed by atoms with Gasteiger partial charge < -0.3 is 5.73 Å². The Morgan fingerprint density at radius 3 is 2.18 bits per heavy atom. The molecule has 1 fully saturated rings. The Labute approximate surface area is 96.6 Å². The standard InChI is InChI=1S/C12H13F4N/c1-11(2)8(10(11)17)6-4-3-5-7(9(6)13)12(14,15)16/h3-5,8,10H,17H2,1-2H3/t8-,10-/m0/s1. The van der Waals surface area contributed by atoms with Crippen molar-refractivity contribution in [3.8, 4) is 0 Å². The summed E-state index contributed by atoms with van der Waals surface area (Å²) >= 11 is 0. The Balaban J connectivity index is 2.45. The van der Waals surface area contributed by atoms with Crippen molar-refractivity contribution in [1.82, 2.24) is 0 Å². The average molecular weight is 247 g/mol. The smallest absolute Gasteiger partial charge is 0.327 e. The number of benzene rings is 1. The third-order valence-corrected chi connectivity index (χ3v) is 3.58. The molecule has 94 valence electrons. The lowest BCUT2D eigenvalue weighted by molar-refractivity contribution is -0.140. The van der Waals surface area contributed by atoms with Crippen molar-refractivity contribution in [2.45, 2.75) is 32.0 Å². The van der Waals surface area contributed by atoms with Crippen LogP contribution in [0.25, 0.3) is 0 Å². The molecule has 2 rings (SSSR count). The van der Waals surface area contributed by atoms with Gasteiger partial charge >= 0.3 is 6.18 Å². The highest BCUT2D eigenvalue weighted by Gasteiger charge is 2.57. The summed E-state index contributed by atoms with van der Waals surface area (Å²) in [5.41, 5.74) is 4.26. The second-order valence-corrected chi connectivity index (χ2v) is 5.03. The minimum absolute atomic E-state index is 0.0670. The molecule has 1 aliphatic carbocycles. The highest BCUT2D eigenvalue weighted by atomic mass is 19.4. The number of hydrogen-bond donors (Lipinski definition) is 1. The molecule has 1 saturated carbocycles. The van der Waals surface area contributed by atoms with Crippen molar-refractivity contribution >= 4 is 0 Å². The van der Waals surface area contributed by atoms with Gasteiger partial charge in [0.2, 0.25) is 0 Å². The maximum absolute atomic E-state index is 13.8. The highest BCUT2D eigenvalue weighted by Crippen LogP contribution is 2.58. The second-order valence-electron chi connectivity index (χ2n) is 5.03. The molecular weight excluding hydrogens is 234 g/mol. The molecule has 2 N–H and O–H groups in total. The van der Waals surface area contributed by atoms with Crippen LogP contribution in [-0.2, 0) is 6.18 Å². The van der Waals surface area contributed by atoms with Gasteiger partial charge in [0.25, 0.3) is 0 Å². The summed E-state index contributed by atoms with van der Waals surface area (Å²) in [4.78, 5) is 0. The van der Waals surface area contributed by atoms with E-state index in [9.17, 15) is 17.6 Å². The molecule has 0 aromatic heterocycles. The molecule has 1 aliphatic rings. The zero-order valence-electron chi connectivity index (χ0n) is 9.48. The summed E-state index contributed by atoms with van der Waals surface area (Å²) < 4.78 is 51.4. The van der Waals surface area contributed by atoms with Crippen LogP contribution < -0.4 is 5.73 Å². The summed E-state index contributed by atoms with van der Waals surface area (Å²) in [7, 11) is 0. The van der Waals surface area contributed by atoms with Gasteiger partial charge in [-0.1, -0.05) is 26.0 Å². The number of halogens is 4. The third-order valence-electron chi connectivity index (χ3n) is 3.58. The lowest BCUT2D eigenvalue weighted by Crippen LogP contribution is -2.10. The molecule has 17 heavy (non-hydrogen) atoms. The van der Waals surface area contributed by atoms with Crippen molar-refractivity contribution < 1.29 is 17.6 Å². The van der Waals surface area contributed by atoms with Crippen LogP contribution in [0, 0.1) is 11.2 Å². The Kier molecular flexibility index (Phi) is 2.51. The van der Waals surface area contributed by atoms with E-state index in [-0.39, 0.29) is 22.9 Å². The molecule has 5 heteroatoms. The van der Waals surface area contributed by atoms with Crippen LogP contribution in [0.4, 0.5) is 17.6 Å². The van der Waals surface area contributed by atoms with Crippen LogP contribution >= 0.6 is 0 Å². The first-order valence-electron chi connectivity index (χ1n) is 5.28. The van der Waals surface area contributed by atoms with Gasteiger partial charge in [0.05, 0.1) is 5.56 Å². The molecule has 0 heterocycles. The molecule has 0 unspecified atom stereocenters. The molecule has 0 amide bonds. The van der Waals surface area contributed by atoms with Gasteiger partial charge in [0.15, 0.2) is 0 Å². The van der Waals surface area contributed by atoms with E-state index in [1.54, 1.807) is 0 Å². The Morgan fingerprint density at radius 2 is 1.76 bits per heavy atom. The van der Waals surface area contributed by atoms with E-state index in [0.29, 0.717) is 0 Å². The van der Waals surface area contributed by atoms with Crippen LogP contribution in [0.3, 0.4) is 0 Å². The van der Waals surface area contributed by atoms with E-state index in [4.69, 9.17) is 5.73 Å². The molecule has 0 saturated heterocycles. The van der Waals surface area contributed by atoms with Gasteiger partial charge in [-0.2, -0.15) is 13.2 Å². The lowest BCUT2D eigenvalue weighted by Gasteiger charge is -2.11. The number of nitrogens with two attached hydrogens (primary N) is 1. The molecule has 2 atom stereocenters. The Hall–Kier alpha value is -1.10. The summed E-state index contributed by atoms with van der Waals surface area (Å²) in [5, 5.41) is 0. The van der Waals surface area contributed by atoms with Crippen LogP contribution in [0.5, 0.6) is 0 Å². The molecule has 0 spiro atoms. The van der Waals surface area contributed by atoms with Crippen molar-refractivity contribution in [2.75, 3.05) is 0 Å². The predicted molar refractivity (Wildman–Crippen MR) is 55.9 cm³/mol. The molecule has 1 aromatic rings. The minimum atomic E-state index is -4.66. The van der Waals surface area contributed by atoms with Crippen LogP contribution in [-0.4, -0.2) is 6.04 Å². The van der Waals surface area contributed by atoms with E-state index >= 15 is 0 Å². The normalized spacial score (nSPS) is 27.0. The summed E-state index contributed by atoms with van der Waals surface area (Å²) in [6.45, 7) is 3.64. The maximum Gasteiger partial charge on any atom is 0.419 e. The monoisotopic (exact) mass is 247 g/mol. The summed E-state index contributed by atoms with van der Waals surface area (Å²) in [6.07, 6.45) is -4.66. The molecule has 0 radical (unpaired) electrons. The first-order chi connectivity index (χ1) is 7.67. The van der Waals surface area contributed by atoms with E-state index in [1.807, 2.05) is 13.8 Å². The summed E-state index contributed by atoms with van der Waals surface area (Å²) in [6, 6.07) is 3.06. The lowest BCUT2D eigenvalue weighted by atomic mass is 10.00. The molecular formula is C12H13F4N. The van der Waals surface area contributed by atoms with Crippen LogP contribution in [0.1, 0.15) is 30.9 Å². The van der Waals surface area contributed by atoms with Gasteiger partial charge in [-0.25, -0.2) is 4.39 Å². The average Bonchev–Trinajstić information content (AvgIpc) is 2.65. The van der Waals surface area contributed by atoms with Crippen LogP contribution in [0.15, 0.2) is 18.2 Å². The van der Waals surface area contributed by atoms with Gasteiger partial charge in [-0.05, 0) is 17.0 Å². The number of hydrogen-bond acceptors (Lipinski definition) is 1. The van der Waals surface area contributed by atoms with E-state index in [0.717, 1.165) is 6.07 Å². The molecule has 1 nitrogen and oxygen atoms in total.